The van der Waals surface area contributed by atoms with Crippen LogP contribution >= 0.6 is 0 Å². The number of rotatable bonds is 0. The first-order chi connectivity index (χ1) is 4.18. The Morgan fingerprint density at radius 2 is 0.900 bits per heavy atom. The van der Waals surface area contributed by atoms with Crippen LogP contribution in [0.25, 0.3) is 0 Å². The van der Waals surface area contributed by atoms with Crippen molar-refractivity contribution in [2.75, 3.05) is 0 Å². The Morgan fingerprint density at radius 1 is 0.700 bits per heavy atom. The Bertz CT molecular complexity index is 165. The zero-order valence-corrected chi connectivity index (χ0v) is 7.48. The molecule has 1 rings (SSSR count). The van der Waals surface area contributed by atoms with Gasteiger partial charge in [0.05, 0.1) is 0 Å². The summed E-state index contributed by atoms with van der Waals surface area (Å²) < 4.78 is 0. The van der Waals surface area contributed by atoms with Crippen LogP contribution in [0.2, 0.25) is 0 Å². The third kappa shape index (κ3) is 2.55. The largest absolute Gasteiger partial charge is 0.0564 e. The average molecular weight is 184 g/mol. The summed E-state index contributed by atoms with van der Waals surface area (Å²) in [5.74, 6) is 0. The van der Waals surface area contributed by atoms with Crippen molar-refractivity contribution in [3.63, 3.8) is 0 Å². The fourth-order valence-corrected chi connectivity index (χ4v) is 1.20. The fourth-order valence-electron chi connectivity index (χ4n) is 1.20. The summed E-state index contributed by atoms with van der Waals surface area (Å²) in [4.78, 5) is 0. The molecule has 0 saturated carbocycles. The van der Waals surface area contributed by atoms with Gasteiger partial charge in [0.15, 0.2) is 0 Å². The zero-order valence-electron chi connectivity index (χ0n) is 6.53. The first-order valence-corrected chi connectivity index (χ1v) is 3.23. The van der Waals surface area contributed by atoms with Gasteiger partial charge < -0.3 is 0 Å². The Balaban J connectivity index is 0.000000810. The fraction of sp³-hybridized carbons (Fsp3) is 0.333. The third-order valence-corrected chi connectivity index (χ3v) is 1.37. The summed E-state index contributed by atoms with van der Waals surface area (Å²) in [7, 11) is 0. The number of aryl methyl sites for hydroxylation is 3. The van der Waals surface area contributed by atoms with Crippen molar-refractivity contribution in [1.82, 2.24) is 0 Å². The maximum absolute atomic E-state index is 2.19. The molecule has 0 unspecified atom stereocenters. The van der Waals surface area contributed by atoms with E-state index in [1.165, 1.54) is 16.7 Å². The van der Waals surface area contributed by atoms with Crippen LogP contribution in [0.4, 0.5) is 0 Å². The van der Waals surface area contributed by atoms with Gasteiger partial charge in [-0.1, -0.05) is 34.9 Å². The Labute approximate surface area is 73.1 Å². The summed E-state index contributed by atoms with van der Waals surface area (Å²) in [6.45, 7) is 6.38. The molecule has 10 heavy (non-hydrogen) atoms. The topological polar surface area (TPSA) is 0 Å². The molecule has 0 aliphatic heterocycles. The smallest absolute Gasteiger partial charge is 0 e. The second kappa shape index (κ2) is 3.80. The summed E-state index contributed by atoms with van der Waals surface area (Å²) in [6.07, 6.45) is 0. The zero-order chi connectivity index (χ0) is 6.85. The van der Waals surface area contributed by atoms with Crippen LogP contribution < -0.4 is 0 Å². The normalized spacial score (nSPS) is 8.70. The van der Waals surface area contributed by atoms with Crippen LogP contribution in [0.15, 0.2) is 18.2 Å². The van der Waals surface area contributed by atoms with E-state index in [0.29, 0.717) is 0 Å². The van der Waals surface area contributed by atoms with Crippen molar-refractivity contribution < 1.29 is 17.1 Å². The first-order valence-electron chi connectivity index (χ1n) is 3.23. The van der Waals surface area contributed by atoms with E-state index in [1.807, 2.05) is 0 Å². The minimum absolute atomic E-state index is 0. The molecule has 0 fully saturated rings. The molecular formula is C9H12Cu. The summed E-state index contributed by atoms with van der Waals surface area (Å²) in [6, 6.07) is 6.56. The molecule has 0 N–H and O–H groups in total. The molecule has 0 saturated heterocycles. The summed E-state index contributed by atoms with van der Waals surface area (Å²) >= 11 is 0. The van der Waals surface area contributed by atoms with Gasteiger partial charge in [-0.05, 0) is 20.8 Å². The van der Waals surface area contributed by atoms with Crippen LogP contribution in [-0.4, -0.2) is 0 Å². The molecule has 1 aromatic rings. The van der Waals surface area contributed by atoms with Crippen molar-refractivity contribution >= 4 is 0 Å². The maximum atomic E-state index is 2.19. The summed E-state index contributed by atoms with van der Waals surface area (Å²) in [5, 5.41) is 0. The van der Waals surface area contributed by atoms with Crippen LogP contribution in [0.1, 0.15) is 16.7 Å². The average Bonchev–Trinajstić information content (AvgIpc) is 1.59. The predicted octanol–water partition coefficient (Wildman–Crippen LogP) is 2.61. The molecule has 1 aromatic carbocycles. The van der Waals surface area contributed by atoms with E-state index >= 15 is 0 Å². The molecule has 0 aromatic heterocycles. The van der Waals surface area contributed by atoms with E-state index in [4.69, 9.17) is 0 Å². The van der Waals surface area contributed by atoms with Crippen LogP contribution in [0, 0.1) is 20.8 Å². The van der Waals surface area contributed by atoms with E-state index < -0.39 is 0 Å². The van der Waals surface area contributed by atoms with Crippen molar-refractivity contribution in [2.45, 2.75) is 20.8 Å². The van der Waals surface area contributed by atoms with Crippen LogP contribution in [0.3, 0.4) is 0 Å². The van der Waals surface area contributed by atoms with Crippen molar-refractivity contribution in [3.8, 4) is 0 Å². The molecule has 1 radical (unpaired) electrons. The predicted molar refractivity (Wildman–Crippen MR) is 40.7 cm³/mol. The monoisotopic (exact) mass is 183 g/mol. The molecule has 0 aliphatic carbocycles. The molecule has 0 nitrogen and oxygen atoms in total. The number of benzene rings is 1. The molecule has 59 valence electrons. The molecule has 0 aliphatic rings. The minimum atomic E-state index is 0. The summed E-state index contributed by atoms with van der Waals surface area (Å²) in [5.41, 5.74) is 4.06. The van der Waals surface area contributed by atoms with Crippen LogP contribution in [0.5, 0.6) is 0 Å². The van der Waals surface area contributed by atoms with Gasteiger partial charge in [-0.3, -0.25) is 0 Å². The van der Waals surface area contributed by atoms with E-state index in [9.17, 15) is 0 Å². The van der Waals surface area contributed by atoms with Gasteiger partial charge in [-0.25, -0.2) is 0 Å². The molecule has 0 spiro atoms. The molecule has 0 bridgehead atoms. The van der Waals surface area contributed by atoms with Crippen molar-refractivity contribution in [2.24, 2.45) is 0 Å². The Kier molecular flexibility index (Phi) is 3.70. The standard InChI is InChI=1S/C9H12.Cu/c1-7-4-8(2)6-9(3)5-7;/h4-6H,1-3H3;. The quantitative estimate of drug-likeness (QED) is 0.543. The number of hydrogen-bond donors (Lipinski definition) is 0. The Morgan fingerprint density at radius 3 is 1.10 bits per heavy atom. The maximum Gasteiger partial charge on any atom is 0 e. The third-order valence-electron chi connectivity index (χ3n) is 1.37. The van der Waals surface area contributed by atoms with Gasteiger partial charge in [0.2, 0.25) is 0 Å². The molecule has 0 heterocycles. The van der Waals surface area contributed by atoms with E-state index in [2.05, 4.69) is 39.0 Å². The van der Waals surface area contributed by atoms with Gasteiger partial charge in [0, 0.05) is 17.1 Å². The van der Waals surface area contributed by atoms with Crippen LogP contribution in [-0.2, 0) is 17.1 Å². The SMILES string of the molecule is Cc1cc(C)cc(C)c1.[Cu]. The van der Waals surface area contributed by atoms with E-state index in [1.54, 1.807) is 0 Å². The molecular weight excluding hydrogens is 172 g/mol. The molecule has 1 heteroatoms. The van der Waals surface area contributed by atoms with Gasteiger partial charge in [-0.15, -0.1) is 0 Å². The van der Waals surface area contributed by atoms with Gasteiger partial charge in [-0.2, -0.15) is 0 Å². The minimum Gasteiger partial charge on any atom is -0.0564 e. The first kappa shape index (κ1) is 9.74. The second-order valence-electron chi connectivity index (χ2n) is 2.67. The molecule has 0 amide bonds. The van der Waals surface area contributed by atoms with Gasteiger partial charge in [0.25, 0.3) is 0 Å². The van der Waals surface area contributed by atoms with Crippen molar-refractivity contribution in [1.29, 1.82) is 0 Å². The molecule has 0 atom stereocenters. The number of hydrogen-bond acceptors (Lipinski definition) is 0. The second-order valence-corrected chi connectivity index (χ2v) is 2.67. The van der Waals surface area contributed by atoms with E-state index in [0.717, 1.165) is 0 Å². The van der Waals surface area contributed by atoms with Crippen molar-refractivity contribution in [3.05, 3.63) is 34.9 Å². The Hall–Kier alpha value is -0.261. The van der Waals surface area contributed by atoms with E-state index in [-0.39, 0.29) is 17.1 Å². The van der Waals surface area contributed by atoms with Gasteiger partial charge >= 0.3 is 0 Å². The van der Waals surface area contributed by atoms with Gasteiger partial charge in [0.1, 0.15) is 0 Å².